The summed E-state index contributed by atoms with van der Waals surface area (Å²) in [6.07, 6.45) is 1.59. The van der Waals surface area contributed by atoms with Crippen molar-refractivity contribution in [1.29, 1.82) is 0 Å². The van der Waals surface area contributed by atoms with Gasteiger partial charge in [0.1, 0.15) is 23.7 Å². The van der Waals surface area contributed by atoms with E-state index in [2.05, 4.69) is 71.6 Å². The van der Waals surface area contributed by atoms with E-state index >= 15 is 0 Å². The summed E-state index contributed by atoms with van der Waals surface area (Å²) in [7, 11) is 0. The van der Waals surface area contributed by atoms with Crippen molar-refractivity contribution < 1.29 is 18.7 Å². The van der Waals surface area contributed by atoms with E-state index < -0.39 is 5.91 Å². The molecule has 3 aromatic carbocycles. The van der Waals surface area contributed by atoms with Gasteiger partial charge in [-0.05, 0) is 112 Å². The molecule has 1 heterocycles. The Balaban J connectivity index is 1.39. The van der Waals surface area contributed by atoms with Gasteiger partial charge < -0.3 is 13.9 Å². The molecule has 0 aliphatic heterocycles. The topological polar surface area (TPSA) is 73.1 Å². The second-order valence-corrected chi connectivity index (χ2v) is 10.4. The lowest BCUT2D eigenvalue weighted by Gasteiger charge is -2.11. The van der Waals surface area contributed by atoms with E-state index in [1.807, 2.05) is 55.5 Å². The monoisotopic (exact) mass is 744 g/mol. The van der Waals surface area contributed by atoms with Crippen molar-refractivity contribution in [1.82, 2.24) is 5.43 Å². The molecule has 0 radical (unpaired) electrons. The Morgan fingerprint density at radius 3 is 2.50 bits per heavy atom. The summed E-state index contributed by atoms with van der Waals surface area (Å²) in [5, 5.41) is 4.88. The number of benzene rings is 3. The molecule has 1 N–H and O–H groups in total. The lowest BCUT2D eigenvalue weighted by Crippen LogP contribution is -2.16. The second kappa shape index (κ2) is 11.5. The van der Waals surface area contributed by atoms with Crippen molar-refractivity contribution in [2.24, 2.45) is 5.10 Å². The summed E-state index contributed by atoms with van der Waals surface area (Å²) in [6.45, 7) is 2.97. The number of furan rings is 1. The fourth-order valence-corrected chi connectivity index (χ4v) is 5.53. The molecule has 6 nitrogen and oxygen atoms in total. The molecule has 0 saturated carbocycles. The van der Waals surface area contributed by atoms with Crippen molar-refractivity contribution in [3.05, 3.63) is 89.2 Å². The number of hydrogen-bond donors (Lipinski definition) is 1. The molecule has 0 spiro atoms. The zero-order valence-electron chi connectivity index (χ0n) is 18.0. The molecule has 0 bridgehead atoms. The number of ether oxygens (including phenoxy) is 2. The summed E-state index contributed by atoms with van der Waals surface area (Å²) in [5.74, 6) is 1.30. The van der Waals surface area contributed by atoms with Crippen molar-refractivity contribution in [3.8, 4) is 11.5 Å². The van der Waals surface area contributed by atoms with Gasteiger partial charge in [0, 0.05) is 9.86 Å². The van der Waals surface area contributed by atoms with Crippen LogP contribution in [0.5, 0.6) is 11.5 Å². The van der Waals surface area contributed by atoms with E-state index in [1.54, 1.807) is 18.3 Å². The quantitative estimate of drug-likeness (QED) is 0.118. The van der Waals surface area contributed by atoms with E-state index in [0.29, 0.717) is 18.8 Å². The predicted molar refractivity (Wildman–Crippen MR) is 153 cm³/mol. The first-order chi connectivity index (χ1) is 16.4. The number of nitrogens with zero attached hydrogens (tertiary/aromatic N) is 1. The van der Waals surface area contributed by atoms with Crippen LogP contribution >= 0.6 is 61.1 Å². The fourth-order valence-electron chi connectivity index (χ4n) is 3.14. The summed E-state index contributed by atoms with van der Waals surface area (Å²) < 4.78 is 20.1. The number of fused-ring (bicyclic) bond motifs is 1. The van der Waals surface area contributed by atoms with E-state index in [1.165, 1.54) is 0 Å². The Hall–Kier alpha value is -2.12. The number of carbonyl (C=O) groups is 1. The molecule has 0 saturated heterocycles. The number of hydrogen-bond acceptors (Lipinski definition) is 5. The van der Waals surface area contributed by atoms with E-state index in [9.17, 15) is 4.79 Å². The average molecular weight is 745 g/mol. The van der Waals surface area contributed by atoms with Gasteiger partial charge in [-0.3, -0.25) is 4.79 Å². The van der Waals surface area contributed by atoms with Crippen LogP contribution in [0.25, 0.3) is 11.0 Å². The maximum atomic E-state index is 12.5. The lowest BCUT2D eigenvalue weighted by atomic mass is 10.2. The Kier molecular flexibility index (Phi) is 8.48. The van der Waals surface area contributed by atoms with E-state index in [4.69, 9.17) is 13.9 Å². The molecule has 1 amide bonds. The Morgan fingerprint density at radius 1 is 1.06 bits per heavy atom. The molecule has 0 atom stereocenters. The summed E-state index contributed by atoms with van der Waals surface area (Å²) >= 11 is 7.92. The van der Waals surface area contributed by atoms with Gasteiger partial charge in [-0.15, -0.1) is 0 Å². The van der Waals surface area contributed by atoms with Gasteiger partial charge in [-0.2, -0.15) is 5.10 Å². The van der Waals surface area contributed by atoms with Crippen LogP contribution in [0.15, 0.2) is 74.7 Å². The third-order valence-electron chi connectivity index (χ3n) is 4.72. The Labute approximate surface area is 232 Å². The highest BCUT2D eigenvalue weighted by molar-refractivity contribution is 14.1. The van der Waals surface area contributed by atoms with Crippen LogP contribution in [-0.2, 0) is 6.61 Å². The number of amides is 1. The van der Waals surface area contributed by atoms with Gasteiger partial charge in [0.2, 0.25) is 0 Å². The second-order valence-electron chi connectivity index (χ2n) is 7.17. The maximum absolute atomic E-state index is 12.5. The zero-order chi connectivity index (χ0) is 24.1. The SMILES string of the molecule is CCOc1ccc2oc(C(=O)N/N=C/c3cc(I)c(OCc4ccc(Br)cc4)c(I)c3)cc2c1. The zero-order valence-corrected chi connectivity index (χ0v) is 23.9. The molecule has 0 unspecified atom stereocenters. The molecule has 4 aromatic rings. The van der Waals surface area contributed by atoms with Crippen LogP contribution < -0.4 is 14.9 Å². The smallest absolute Gasteiger partial charge is 0.307 e. The van der Waals surface area contributed by atoms with Crippen LogP contribution in [-0.4, -0.2) is 18.7 Å². The van der Waals surface area contributed by atoms with E-state index in [0.717, 1.165) is 39.6 Å². The molecule has 1 aromatic heterocycles. The third-order valence-corrected chi connectivity index (χ3v) is 6.85. The first-order valence-electron chi connectivity index (χ1n) is 10.3. The van der Waals surface area contributed by atoms with Gasteiger partial charge >= 0.3 is 5.91 Å². The lowest BCUT2D eigenvalue weighted by molar-refractivity contribution is 0.0929. The predicted octanol–water partition coefficient (Wildman–Crippen LogP) is 7.15. The Morgan fingerprint density at radius 2 is 1.79 bits per heavy atom. The molecule has 0 fully saturated rings. The van der Waals surface area contributed by atoms with Crippen LogP contribution in [0, 0.1) is 7.14 Å². The van der Waals surface area contributed by atoms with Crippen LogP contribution in [0.1, 0.15) is 28.6 Å². The summed E-state index contributed by atoms with van der Waals surface area (Å²) in [4.78, 5) is 12.5. The van der Waals surface area contributed by atoms with Gasteiger partial charge in [-0.1, -0.05) is 28.1 Å². The van der Waals surface area contributed by atoms with Crippen molar-refractivity contribution in [2.45, 2.75) is 13.5 Å². The highest BCUT2D eigenvalue weighted by atomic mass is 127. The average Bonchev–Trinajstić information content (AvgIpc) is 3.23. The molecule has 0 aliphatic rings. The minimum atomic E-state index is -0.427. The molecular formula is C25H19BrI2N2O4. The summed E-state index contributed by atoms with van der Waals surface area (Å²) in [6, 6.07) is 19.0. The van der Waals surface area contributed by atoms with Gasteiger partial charge in [0.25, 0.3) is 0 Å². The highest BCUT2D eigenvalue weighted by Crippen LogP contribution is 2.29. The first-order valence-corrected chi connectivity index (χ1v) is 13.2. The highest BCUT2D eigenvalue weighted by Gasteiger charge is 2.13. The van der Waals surface area contributed by atoms with Gasteiger partial charge in [-0.25, -0.2) is 5.43 Å². The first kappa shape index (κ1) is 25.0. The standard InChI is InChI=1S/C25H19BrI2N2O4/c1-2-32-19-7-8-22-17(11-19)12-23(34-22)25(31)30-29-13-16-9-20(27)24(21(28)10-16)33-14-15-3-5-18(26)6-4-15/h3-13H,2,14H2,1H3,(H,30,31)/b29-13+. The summed E-state index contributed by atoms with van der Waals surface area (Å²) in [5.41, 5.74) is 5.06. The molecule has 0 aliphatic carbocycles. The fraction of sp³-hybridized carbons (Fsp3) is 0.120. The van der Waals surface area contributed by atoms with Crippen LogP contribution in [0.4, 0.5) is 0 Å². The normalized spacial score (nSPS) is 11.2. The van der Waals surface area contributed by atoms with Gasteiger partial charge in [0.05, 0.1) is 20.0 Å². The number of carbonyl (C=O) groups excluding carboxylic acids is 1. The largest absolute Gasteiger partial charge is 0.494 e. The van der Waals surface area contributed by atoms with Crippen LogP contribution in [0.3, 0.4) is 0 Å². The maximum Gasteiger partial charge on any atom is 0.307 e. The Bertz CT molecular complexity index is 1330. The van der Waals surface area contributed by atoms with Crippen molar-refractivity contribution >= 4 is 84.2 Å². The molecule has 174 valence electrons. The number of hydrazone groups is 1. The minimum absolute atomic E-state index is 0.182. The van der Waals surface area contributed by atoms with Crippen molar-refractivity contribution in [3.63, 3.8) is 0 Å². The van der Waals surface area contributed by atoms with E-state index in [-0.39, 0.29) is 5.76 Å². The molecular weight excluding hydrogens is 726 g/mol. The number of nitrogens with one attached hydrogen (secondary N) is 1. The van der Waals surface area contributed by atoms with Crippen LogP contribution in [0.2, 0.25) is 0 Å². The minimum Gasteiger partial charge on any atom is -0.494 e. The molecule has 34 heavy (non-hydrogen) atoms. The van der Waals surface area contributed by atoms with Gasteiger partial charge in [0.15, 0.2) is 5.76 Å². The molecule has 4 rings (SSSR count). The number of rotatable bonds is 8. The number of halogens is 3. The molecule has 9 heteroatoms. The van der Waals surface area contributed by atoms with Crippen molar-refractivity contribution in [2.75, 3.05) is 6.61 Å². The third kappa shape index (κ3) is 6.30.